The van der Waals surface area contributed by atoms with Crippen molar-refractivity contribution in [3.8, 4) is 0 Å². The fraction of sp³-hybridized carbons (Fsp3) is 0.0909. The van der Waals surface area contributed by atoms with Crippen LogP contribution in [0.2, 0.25) is 5.02 Å². The summed E-state index contributed by atoms with van der Waals surface area (Å²) in [6.07, 6.45) is 1.66. The van der Waals surface area contributed by atoms with Crippen LogP contribution in [0.25, 0.3) is 10.9 Å². The molecule has 0 aliphatic rings. The van der Waals surface area contributed by atoms with Crippen LogP contribution in [0.3, 0.4) is 0 Å². The summed E-state index contributed by atoms with van der Waals surface area (Å²) in [5, 5.41) is 4.16. The Bertz CT molecular complexity index is 544. The number of rotatable bonds is 2. The predicted molar refractivity (Wildman–Crippen MR) is 69.2 cm³/mol. The maximum Gasteiger partial charge on any atom is 0.234 e. The van der Waals surface area contributed by atoms with Gasteiger partial charge in [0.1, 0.15) is 0 Å². The molecule has 0 atom stereocenters. The number of nitrogens with one attached hydrogen (secondary N) is 1. The molecule has 0 aliphatic carbocycles. The van der Waals surface area contributed by atoms with E-state index in [0.717, 1.165) is 5.39 Å². The quantitative estimate of drug-likeness (QED) is 0.807. The summed E-state index contributed by atoms with van der Waals surface area (Å²) in [7, 11) is 0. The van der Waals surface area contributed by atoms with E-state index in [9.17, 15) is 4.79 Å². The zero-order valence-corrected chi connectivity index (χ0v) is 9.92. The zero-order valence-electron chi connectivity index (χ0n) is 8.27. The average Bonchev–Trinajstić information content (AvgIpc) is 2.33. The number of hydrogen-bond donors (Lipinski definition) is 2. The lowest BCUT2D eigenvalue weighted by Crippen LogP contribution is -2.13. The van der Waals surface area contributed by atoms with E-state index < -0.39 is 0 Å². The summed E-state index contributed by atoms with van der Waals surface area (Å²) in [4.78, 5) is 15.5. The number of hydrogen-bond acceptors (Lipinski definition) is 3. The minimum atomic E-state index is -0.169. The summed E-state index contributed by atoms with van der Waals surface area (Å²) in [5.41, 5.74) is 1.34. The van der Waals surface area contributed by atoms with E-state index in [4.69, 9.17) is 11.6 Å². The third-order valence-corrected chi connectivity index (χ3v) is 2.75. The van der Waals surface area contributed by atoms with Gasteiger partial charge in [-0.05, 0) is 24.3 Å². The molecule has 0 aliphatic heterocycles. The molecule has 1 N–H and O–H groups in total. The number of nitrogens with zero attached hydrogens (tertiary/aromatic N) is 1. The molecule has 0 fully saturated rings. The largest absolute Gasteiger partial charge is 0.323 e. The molecule has 1 heterocycles. The zero-order chi connectivity index (χ0) is 11.5. The maximum absolute atomic E-state index is 11.3. The van der Waals surface area contributed by atoms with Crippen molar-refractivity contribution in [3.63, 3.8) is 0 Å². The Kier molecular flexibility index (Phi) is 3.31. The van der Waals surface area contributed by atoms with Gasteiger partial charge in [-0.25, -0.2) is 0 Å². The average molecular weight is 253 g/mol. The van der Waals surface area contributed by atoms with Crippen LogP contribution in [0.4, 0.5) is 5.69 Å². The van der Waals surface area contributed by atoms with Gasteiger partial charge in [-0.3, -0.25) is 9.78 Å². The highest BCUT2D eigenvalue weighted by Gasteiger charge is 2.07. The number of carbonyl (C=O) groups is 1. The first-order valence-electron chi connectivity index (χ1n) is 4.66. The molecule has 0 spiro atoms. The van der Waals surface area contributed by atoms with Crippen molar-refractivity contribution in [1.29, 1.82) is 0 Å². The Morgan fingerprint density at radius 3 is 3.00 bits per heavy atom. The van der Waals surface area contributed by atoms with E-state index in [2.05, 4.69) is 22.9 Å². The lowest BCUT2D eigenvalue weighted by atomic mass is 10.2. The lowest BCUT2D eigenvalue weighted by molar-refractivity contribution is -0.113. The van der Waals surface area contributed by atoms with E-state index >= 15 is 0 Å². The van der Waals surface area contributed by atoms with Crippen LogP contribution >= 0.6 is 24.2 Å². The van der Waals surface area contributed by atoms with Crippen molar-refractivity contribution >= 4 is 46.7 Å². The summed E-state index contributed by atoms with van der Waals surface area (Å²) in [5.74, 6) is -0.0330. The molecule has 1 amide bonds. The molecule has 0 bridgehead atoms. The van der Waals surface area contributed by atoms with Crippen LogP contribution in [0.5, 0.6) is 0 Å². The number of carbonyl (C=O) groups excluding carboxylic acids is 1. The second kappa shape index (κ2) is 4.72. The van der Waals surface area contributed by atoms with E-state index in [1.807, 2.05) is 6.07 Å². The summed E-state index contributed by atoms with van der Waals surface area (Å²) < 4.78 is 0. The van der Waals surface area contributed by atoms with Gasteiger partial charge in [-0.1, -0.05) is 11.6 Å². The van der Waals surface area contributed by atoms with E-state index in [-0.39, 0.29) is 11.7 Å². The van der Waals surface area contributed by atoms with Crippen molar-refractivity contribution < 1.29 is 4.79 Å². The summed E-state index contributed by atoms with van der Waals surface area (Å²) >= 11 is 9.93. The molecule has 3 nitrogen and oxygen atoms in total. The summed E-state index contributed by atoms with van der Waals surface area (Å²) in [6.45, 7) is 0. The van der Waals surface area contributed by atoms with Gasteiger partial charge >= 0.3 is 0 Å². The molecule has 1 aromatic heterocycles. The highest BCUT2D eigenvalue weighted by atomic mass is 35.5. The molecular weight excluding hydrogens is 244 g/mol. The molecule has 1 aromatic carbocycles. The first-order valence-corrected chi connectivity index (χ1v) is 5.67. The third kappa shape index (κ3) is 2.13. The number of amides is 1. The van der Waals surface area contributed by atoms with Crippen molar-refractivity contribution in [1.82, 2.24) is 4.98 Å². The second-order valence-electron chi connectivity index (χ2n) is 3.20. The number of anilines is 1. The van der Waals surface area contributed by atoms with Crippen molar-refractivity contribution in [3.05, 3.63) is 35.5 Å². The Hall–Kier alpha value is -1.26. The van der Waals surface area contributed by atoms with Gasteiger partial charge < -0.3 is 5.32 Å². The topological polar surface area (TPSA) is 42.0 Å². The van der Waals surface area contributed by atoms with Gasteiger partial charge in [0.05, 0.1) is 22.0 Å². The van der Waals surface area contributed by atoms with E-state index in [1.165, 1.54) is 0 Å². The van der Waals surface area contributed by atoms with Crippen LogP contribution in [0, 0.1) is 0 Å². The summed E-state index contributed by atoms with van der Waals surface area (Å²) in [6, 6.07) is 7.14. The first-order chi connectivity index (χ1) is 7.72. The SMILES string of the molecule is O=C(CS)Nc1ccc(Cl)c2cccnc12. The van der Waals surface area contributed by atoms with Gasteiger partial charge in [-0.2, -0.15) is 12.6 Å². The molecule has 0 unspecified atom stereocenters. The number of fused-ring (bicyclic) bond motifs is 1. The number of benzene rings is 1. The van der Waals surface area contributed by atoms with E-state index in [0.29, 0.717) is 16.2 Å². The van der Waals surface area contributed by atoms with Gasteiger partial charge in [0.15, 0.2) is 0 Å². The highest BCUT2D eigenvalue weighted by Crippen LogP contribution is 2.27. The van der Waals surface area contributed by atoms with Crippen LogP contribution in [0.15, 0.2) is 30.5 Å². The van der Waals surface area contributed by atoms with Gasteiger partial charge in [0.25, 0.3) is 0 Å². The van der Waals surface area contributed by atoms with Crippen molar-refractivity contribution in [2.24, 2.45) is 0 Å². The Morgan fingerprint density at radius 1 is 1.44 bits per heavy atom. The smallest absolute Gasteiger partial charge is 0.234 e. The molecular formula is C11H9ClN2OS. The Labute approximate surface area is 103 Å². The molecule has 5 heteroatoms. The first kappa shape index (κ1) is 11.2. The molecule has 0 radical (unpaired) electrons. The molecule has 0 saturated heterocycles. The molecule has 0 saturated carbocycles. The molecule has 2 rings (SSSR count). The fourth-order valence-corrected chi connectivity index (χ4v) is 1.72. The minimum absolute atomic E-state index is 0.136. The van der Waals surface area contributed by atoms with Crippen LogP contribution in [-0.2, 0) is 4.79 Å². The number of halogens is 1. The Morgan fingerprint density at radius 2 is 2.25 bits per heavy atom. The number of aromatic nitrogens is 1. The molecule has 2 aromatic rings. The number of pyridine rings is 1. The molecule has 16 heavy (non-hydrogen) atoms. The maximum atomic E-state index is 11.3. The fourth-order valence-electron chi connectivity index (χ4n) is 1.43. The Balaban J connectivity index is 2.54. The normalized spacial score (nSPS) is 10.4. The van der Waals surface area contributed by atoms with Crippen LogP contribution in [0.1, 0.15) is 0 Å². The van der Waals surface area contributed by atoms with Crippen LogP contribution in [-0.4, -0.2) is 16.6 Å². The third-order valence-electron chi connectivity index (χ3n) is 2.13. The standard InChI is InChI=1S/C11H9ClN2OS/c12-8-3-4-9(14-10(15)6-16)11-7(8)2-1-5-13-11/h1-5,16H,6H2,(H,14,15). The predicted octanol–water partition coefficient (Wildman–Crippen LogP) is 2.76. The van der Waals surface area contributed by atoms with E-state index in [1.54, 1.807) is 24.4 Å². The van der Waals surface area contributed by atoms with Crippen molar-refractivity contribution in [2.75, 3.05) is 11.1 Å². The van der Waals surface area contributed by atoms with Gasteiger partial charge in [0.2, 0.25) is 5.91 Å². The number of thiol groups is 1. The second-order valence-corrected chi connectivity index (χ2v) is 3.92. The van der Waals surface area contributed by atoms with Crippen molar-refractivity contribution in [2.45, 2.75) is 0 Å². The molecule has 82 valence electrons. The van der Waals surface area contributed by atoms with Gasteiger partial charge in [-0.15, -0.1) is 0 Å². The lowest BCUT2D eigenvalue weighted by Gasteiger charge is -2.07. The van der Waals surface area contributed by atoms with Gasteiger partial charge in [0, 0.05) is 11.6 Å². The minimum Gasteiger partial charge on any atom is -0.323 e. The monoisotopic (exact) mass is 252 g/mol. The highest BCUT2D eigenvalue weighted by molar-refractivity contribution is 7.81. The van der Waals surface area contributed by atoms with Crippen LogP contribution < -0.4 is 5.32 Å².